The summed E-state index contributed by atoms with van der Waals surface area (Å²) in [5, 5.41) is 18.4. The number of rotatable bonds is 9. The third-order valence-corrected chi connectivity index (χ3v) is 6.06. The van der Waals surface area contributed by atoms with Crippen molar-refractivity contribution in [2.75, 3.05) is 0 Å². The molecule has 0 aliphatic heterocycles. The van der Waals surface area contributed by atoms with E-state index < -0.39 is 0 Å². The van der Waals surface area contributed by atoms with Crippen LogP contribution in [-0.4, -0.2) is 49.5 Å². The number of aromatic nitrogens is 10. The predicted octanol–water partition coefficient (Wildman–Crippen LogP) is 3.44. The van der Waals surface area contributed by atoms with Crippen LogP contribution in [0.3, 0.4) is 0 Å². The van der Waals surface area contributed by atoms with Crippen LogP contribution in [-0.2, 0) is 13.0 Å². The topological polar surface area (TPSA) is 125 Å². The zero-order valence-corrected chi connectivity index (χ0v) is 20.5. The highest BCUT2D eigenvalue weighted by molar-refractivity contribution is 5.70. The number of unbranched alkanes of at least 4 members (excludes halogenated alkanes) is 1. The molecule has 0 spiro atoms. The maximum atomic E-state index is 13.6. The number of nitrogens with one attached hydrogen (secondary N) is 1. The molecule has 0 saturated heterocycles. The van der Waals surface area contributed by atoms with Crippen LogP contribution in [0, 0.1) is 0 Å². The minimum absolute atomic E-state index is 0.0821. The summed E-state index contributed by atoms with van der Waals surface area (Å²) in [6.45, 7) is 6.53. The van der Waals surface area contributed by atoms with Crippen molar-refractivity contribution in [2.45, 2.75) is 52.6 Å². The molecule has 11 heteroatoms. The Kier molecular flexibility index (Phi) is 6.52. The molecule has 4 aromatic heterocycles. The van der Waals surface area contributed by atoms with Gasteiger partial charge in [0.25, 0.3) is 0 Å². The Balaban J connectivity index is 1.50. The first-order valence-corrected chi connectivity index (χ1v) is 12.1. The van der Waals surface area contributed by atoms with Crippen LogP contribution in [0.4, 0.5) is 0 Å². The van der Waals surface area contributed by atoms with Crippen molar-refractivity contribution in [3.05, 3.63) is 77.0 Å². The summed E-state index contributed by atoms with van der Waals surface area (Å²) in [5.74, 6) is 1.13. The summed E-state index contributed by atoms with van der Waals surface area (Å²) in [6.07, 6.45) is 7.96. The average Bonchev–Trinajstić information content (AvgIpc) is 3.65. The summed E-state index contributed by atoms with van der Waals surface area (Å²) in [5.41, 5.74) is 4.49. The van der Waals surface area contributed by atoms with E-state index in [9.17, 15) is 4.79 Å². The number of aromatic amines is 1. The lowest BCUT2D eigenvalue weighted by Crippen LogP contribution is -2.27. The largest absolute Gasteiger partial charge is 0.335 e. The molecule has 1 aromatic carbocycles. The summed E-state index contributed by atoms with van der Waals surface area (Å²) < 4.78 is 5.14. The third-order valence-electron chi connectivity index (χ3n) is 6.06. The van der Waals surface area contributed by atoms with Gasteiger partial charge in [0.05, 0.1) is 18.3 Å². The Morgan fingerprint density at radius 1 is 1.06 bits per heavy atom. The monoisotopic (exact) mass is 484 g/mol. The van der Waals surface area contributed by atoms with Gasteiger partial charge in [-0.05, 0) is 66.4 Å². The lowest BCUT2D eigenvalue weighted by molar-refractivity contribution is 0.515. The molecular weight excluding hydrogens is 456 g/mol. The van der Waals surface area contributed by atoms with E-state index in [-0.39, 0.29) is 11.7 Å². The van der Waals surface area contributed by atoms with E-state index in [4.69, 9.17) is 0 Å². The van der Waals surface area contributed by atoms with E-state index in [1.54, 1.807) is 20.0 Å². The average molecular weight is 485 g/mol. The molecule has 0 atom stereocenters. The van der Waals surface area contributed by atoms with Crippen LogP contribution in [0.25, 0.3) is 28.5 Å². The second kappa shape index (κ2) is 10.1. The molecule has 4 heterocycles. The van der Waals surface area contributed by atoms with Crippen molar-refractivity contribution in [1.29, 1.82) is 0 Å². The molecular formula is C25H28N10O. The minimum Gasteiger partial charge on any atom is -0.290 e. The van der Waals surface area contributed by atoms with Crippen molar-refractivity contribution in [3.63, 3.8) is 0 Å². The summed E-state index contributed by atoms with van der Waals surface area (Å²) >= 11 is 0. The molecule has 0 unspecified atom stereocenters. The first-order chi connectivity index (χ1) is 17.5. The lowest BCUT2D eigenvalue weighted by Gasteiger charge is -2.09. The van der Waals surface area contributed by atoms with Crippen LogP contribution < -0.4 is 5.69 Å². The van der Waals surface area contributed by atoms with Gasteiger partial charge in [-0.25, -0.2) is 19.1 Å². The molecule has 0 bridgehead atoms. The van der Waals surface area contributed by atoms with Gasteiger partial charge in [0.1, 0.15) is 6.33 Å². The van der Waals surface area contributed by atoms with E-state index in [0.29, 0.717) is 18.3 Å². The number of hydrogen-bond donors (Lipinski definition) is 1. The SMILES string of the molecule is CCCCc1cn(-c2ncnn2C(C)C)c(=O)n1Cc1cc(-c2cccc(-c3nnn[nH]3)c2)ccn1. The van der Waals surface area contributed by atoms with Gasteiger partial charge < -0.3 is 0 Å². The molecule has 0 aliphatic carbocycles. The Hall–Kier alpha value is -4.41. The first kappa shape index (κ1) is 23.3. The highest BCUT2D eigenvalue weighted by atomic mass is 16.2. The van der Waals surface area contributed by atoms with E-state index in [0.717, 1.165) is 47.3 Å². The number of H-pyrrole nitrogens is 1. The van der Waals surface area contributed by atoms with E-state index in [2.05, 4.69) is 42.6 Å². The zero-order chi connectivity index (χ0) is 25.1. The standard InChI is InChI=1S/C25H28N10O/c1-4-5-9-22-15-34(24-27-16-28-35(24)17(2)3)25(36)33(22)14-21-13-19(10-11-26-21)18-7-6-8-20(12-18)23-29-31-32-30-23/h6-8,10-13,15-17H,4-5,9,14H2,1-3H3,(H,29,30,31,32). The zero-order valence-electron chi connectivity index (χ0n) is 20.5. The van der Waals surface area contributed by atoms with E-state index >= 15 is 0 Å². The number of benzene rings is 1. The van der Waals surface area contributed by atoms with Crippen molar-refractivity contribution >= 4 is 0 Å². The Morgan fingerprint density at radius 3 is 2.67 bits per heavy atom. The number of pyridine rings is 1. The molecule has 0 amide bonds. The molecule has 0 aliphatic rings. The minimum atomic E-state index is -0.150. The summed E-state index contributed by atoms with van der Waals surface area (Å²) in [6, 6.07) is 12.0. The fourth-order valence-corrected chi connectivity index (χ4v) is 4.21. The molecule has 0 saturated carbocycles. The Morgan fingerprint density at radius 2 is 1.89 bits per heavy atom. The van der Waals surface area contributed by atoms with E-state index in [1.165, 1.54) is 6.33 Å². The van der Waals surface area contributed by atoms with Gasteiger partial charge in [-0.3, -0.25) is 9.55 Å². The van der Waals surface area contributed by atoms with Crippen molar-refractivity contribution < 1.29 is 0 Å². The summed E-state index contributed by atoms with van der Waals surface area (Å²) in [7, 11) is 0. The summed E-state index contributed by atoms with van der Waals surface area (Å²) in [4.78, 5) is 22.5. The fourth-order valence-electron chi connectivity index (χ4n) is 4.21. The normalized spacial score (nSPS) is 11.4. The van der Waals surface area contributed by atoms with Crippen LogP contribution >= 0.6 is 0 Å². The van der Waals surface area contributed by atoms with Crippen molar-refractivity contribution in [3.8, 4) is 28.5 Å². The Labute approximate surface area is 207 Å². The van der Waals surface area contributed by atoms with Gasteiger partial charge in [-0.15, -0.1) is 5.10 Å². The molecule has 36 heavy (non-hydrogen) atoms. The number of imidazole rings is 1. The second-order valence-corrected chi connectivity index (χ2v) is 8.93. The third kappa shape index (κ3) is 4.59. The number of aryl methyl sites for hydroxylation is 1. The molecule has 11 nitrogen and oxygen atoms in total. The van der Waals surface area contributed by atoms with Gasteiger partial charge in [-0.1, -0.05) is 31.5 Å². The fraction of sp³-hybridized carbons (Fsp3) is 0.320. The number of tetrazole rings is 1. The van der Waals surface area contributed by atoms with Gasteiger partial charge in [0, 0.05) is 23.7 Å². The maximum Gasteiger partial charge on any atom is 0.335 e. The second-order valence-electron chi connectivity index (χ2n) is 8.93. The van der Waals surface area contributed by atoms with Crippen LogP contribution in [0.15, 0.2) is 59.9 Å². The lowest BCUT2D eigenvalue weighted by atomic mass is 10.0. The molecule has 1 N–H and O–H groups in total. The quantitative estimate of drug-likeness (QED) is 0.340. The molecule has 0 radical (unpaired) electrons. The maximum absolute atomic E-state index is 13.6. The van der Waals surface area contributed by atoms with Gasteiger partial charge in [-0.2, -0.15) is 10.1 Å². The van der Waals surface area contributed by atoms with Crippen LogP contribution in [0.1, 0.15) is 51.0 Å². The van der Waals surface area contributed by atoms with E-state index in [1.807, 2.05) is 56.4 Å². The Bertz CT molecular complexity index is 1510. The number of hydrogen-bond acceptors (Lipinski definition) is 7. The predicted molar refractivity (Wildman–Crippen MR) is 135 cm³/mol. The van der Waals surface area contributed by atoms with Crippen molar-refractivity contribution in [1.82, 2.24) is 49.5 Å². The van der Waals surface area contributed by atoms with Gasteiger partial charge >= 0.3 is 5.69 Å². The molecule has 5 rings (SSSR count). The van der Waals surface area contributed by atoms with Crippen molar-refractivity contribution in [2.24, 2.45) is 0 Å². The first-order valence-electron chi connectivity index (χ1n) is 12.1. The molecule has 184 valence electrons. The van der Waals surface area contributed by atoms with Crippen LogP contribution in [0.5, 0.6) is 0 Å². The highest BCUT2D eigenvalue weighted by Crippen LogP contribution is 2.24. The smallest absolute Gasteiger partial charge is 0.290 e. The van der Waals surface area contributed by atoms with Gasteiger partial charge in [0.15, 0.2) is 5.82 Å². The molecule has 5 aromatic rings. The highest BCUT2D eigenvalue weighted by Gasteiger charge is 2.18. The van der Waals surface area contributed by atoms with Crippen LogP contribution in [0.2, 0.25) is 0 Å². The van der Waals surface area contributed by atoms with Gasteiger partial charge in [0.2, 0.25) is 5.95 Å². The number of nitrogens with zero attached hydrogens (tertiary/aromatic N) is 9. The molecule has 0 fully saturated rings.